The zero-order valence-corrected chi connectivity index (χ0v) is 15.1. The zero-order valence-electron chi connectivity index (χ0n) is 15.1. The highest BCUT2D eigenvalue weighted by Crippen LogP contribution is 2.09. The Balaban J connectivity index is 2.20. The third-order valence-corrected chi connectivity index (χ3v) is 4.29. The van der Waals surface area contributed by atoms with E-state index in [-0.39, 0.29) is 0 Å². The second-order valence-electron chi connectivity index (χ2n) is 7.34. The molecule has 0 bridgehead atoms. The molecule has 1 atom stereocenters. The molecule has 0 aliphatic carbocycles. The van der Waals surface area contributed by atoms with Gasteiger partial charge in [0.25, 0.3) is 0 Å². The number of likely N-dealkylation sites (N-methyl/N-ethyl adjacent to an activating group) is 1. The van der Waals surface area contributed by atoms with Crippen LogP contribution < -0.4 is 0 Å². The molecule has 0 amide bonds. The number of nitrogens with zero attached hydrogens (tertiary/aromatic N) is 3. The van der Waals surface area contributed by atoms with Gasteiger partial charge in [-0.3, -0.25) is 4.90 Å². The normalized spacial score (nSPS) is 21.1. The van der Waals surface area contributed by atoms with Crippen LogP contribution in [0.3, 0.4) is 0 Å². The van der Waals surface area contributed by atoms with Crippen LogP contribution in [0.5, 0.6) is 0 Å². The van der Waals surface area contributed by atoms with E-state index in [1.807, 2.05) is 0 Å². The summed E-state index contributed by atoms with van der Waals surface area (Å²) < 4.78 is 5.92. The maximum atomic E-state index is 5.92. The lowest BCUT2D eigenvalue weighted by Gasteiger charge is -2.36. The fourth-order valence-corrected chi connectivity index (χ4v) is 2.90. The van der Waals surface area contributed by atoms with Gasteiger partial charge in [0, 0.05) is 32.2 Å². The predicted octanol–water partition coefficient (Wildman–Crippen LogP) is 2.01. The molecule has 1 saturated heterocycles. The van der Waals surface area contributed by atoms with Gasteiger partial charge >= 0.3 is 0 Å². The maximum Gasteiger partial charge on any atom is 0.0829 e. The molecule has 21 heavy (non-hydrogen) atoms. The topological polar surface area (TPSA) is 19.0 Å². The fourth-order valence-electron chi connectivity index (χ4n) is 2.90. The second-order valence-corrected chi connectivity index (χ2v) is 7.34. The summed E-state index contributed by atoms with van der Waals surface area (Å²) in [6.07, 6.45) is 1.63. The minimum Gasteiger partial charge on any atom is -0.374 e. The van der Waals surface area contributed by atoms with Crippen molar-refractivity contribution < 1.29 is 4.74 Å². The van der Waals surface area contributed by atoms with Crippen LogP contribution in [0.4, 0.5) is 0 Å². The summed E-state index contributed by atoms with van der Waals surface area (Å²) in [5, 5.41) is 0. The molecular formula is C17H37N3O. The highest BCUT2D eigenvalue weighted by atomic mass is 16.5. The summed E-state index contributed by atoms with van der Waals surface area (Å²) in [4.78, 5) is 7.41. The lowest BCUT2D eigenvalue weighted by Crippen LogP contribution is -2.48. The standard InChI is InChI=1S/C17H37N3O/c1-15(2)12-18(5)8-7-9-20-10-11-21-17(14-20)13-19(6)16(3)4/h15-17H,7-14H2,1-6H3/t17-/m0/s1. The SMILES string of the molecule is CC(C)CN(C)CCCN1CCO[C@@H](CN(C)C(C)C)C1. The second kappa shape index (κ2) is 9.78. The molecule has 0 spiro atoms. The van der Waals surface area contributed by atoms with Gasteiger partial charge in [0.05, 0.1) is 12.7 Å². The first-order valence-corrected chi connectivity index (χ1v) is 8.61. The minimum absolute atomic E-state index is 0.375. The van der Waals surface area contributed by atoms with Gasteiger partial charge in [0.1, 0.15) is 0 Å². The van der Waals surface area contributed by atoms with E-state index in [2.05, 4.69) is 56.5 Å². The highest BCUT2D eigenvalue weighted by Gasteiger charge is 2.22. The van der Waals surface area contributed by atoms with Gasteiger partial charge in [-0.1, -0.05) is 13.8 Å². The molecule has 1 aliphatic rings. The summed E-state index contributed by atoms with van der Waals surface area (Å²) in [7, 11) is 4.42. The lowest BCUT2D eigenvalue weighted by atomic mass is 10.2. The first kappa shape index (κ1) is 18.9. The number of hydrogen-bond acceptors (Lipinski definition) is 4. The van der Waals surface area contributed by atoms with E-state index in [1.54, 1.807) is 0 Å². The van der Waals surface area contributed by atoms with Gasteiger partial charge < -0.3 is 14.5 Å². The van der Waals surface area contributed by atoms with E-state index >= 15 is 0 Å². The third kappa shape index (κ3) is 8.15. The van der Waals surface area contributed by atoms with Crippen molar-refractivity contribution in [1.29, 1.82) is 0 Å². The van der Waals surface area contributed by atoms with Gasteiger partial charge in [0.15, 0.2) is 0 Å². The van der Waals surface area contributed by atoms with Crippen molar-refractivity contribution in [3.8, 4) is 0 Å². The molecule has 0 aromatic carbocycles. The smallest absolute Gasteiger partial charge is 0.0829 e. The Morgan fingerprint density at radius 1 is 1.19 bits per heavy atom. The third-order valence-electron chi connectivity index (χ3n) is 4.29. The van der Waals surface area contributed by atoms with Crippen LogP contribution in [0.2, 0.25) is 0 Å². The molecule has 0 N–H and O–H groups in total. The Morgan fingerprint density at radius 2 is 1.90 bits per heavy atom. The number of morpholine rings is 1. The molecule has 1 fully saturated rings. The average molecular weight is 300 g/mol. The molecule has 1 aliphatic heterocycles. The van der Waals surface area contributed by atoms with Crippen molar-refractivity contribution in [2.75, 3.05) is 60.0 Å². The quantitative estimate of drug-likeness (QED) is 0.648. The van der Waals surface area contributed by atoms with Crippen LogP contribution in [0.15, 0.2) is 0 Å². The predicted molar refractivity (Wildman–Crippen MR) is 90.9 cm³/mol. The van der Waals surface area contributed by atoms with Crippen LogP contribution in [0, 0.1) is 5.92 Å². The highest BCUT2D eigenvalue weighted by molar-refractivity contribution is 4.75. The van der Waals surface area contributed by atoms with E-state index < -0.39 is 0 Å². The molecule has 1 rings (SSSR count). The van der Waals surface area contributed by atoms with E-state index in [9.17, 15) is 0 Å². The zero-order chi connectivity index (χ0) is 15.8. The molecule has 1 heterocycles. The van der Waals surface area contributed by atoms with Crippen molar-refractivity contribution in [3.05, 3.63) is 0 Å². The molecule has 0 saturated carbocycles. The van der Waals surface area contributed by atoms with Crippen LogP contribution in [0.1, 0.15) is 34.1 Å². The Hall–Kier alpha value is -0.160. The summed E-state index contributed by atoms with van der Waals surface area (Å²) >= 11 is 0. The Labute approximate surface area is 132 Å². The van der Waals surface area contributed by atoms with E-state index in [4.69, 9.17) is 4.74 Å². The van der Waals surface area contributed by atoms with Crippen LogP contribution in [-0.2, 0) is 4.74 Å². The van der Waals surface area contributed by atoms with Gasteiger partial charge in [-0.25, -0.2) is 0 Å². The number of rotatable bonds is 9. The van der Waals surface area contributed by atoms with E-state index in [0.717, 1.165) is 32.2 Å². The Kier molecular flexibility index (Phi) is 8.79. The first-order chi connectivity index (χ1) is 9.88. The Bertz CT molecular complexity index is 271. The molecule has 4 heteroatoms. The summed E-state index contributed by atoms with van der Waals surface area (Å²) in [5.74, 6) is 0.759. The summed E-state index contributed by atoms with van der Waals surface area (Å²) in [6.45, 7) is 16.8. The first-order valence-electron chi connectivity index (χ1n) is 8.61. The number of hydrogen-bond donors (Lipinski definition) is 0. The maximum absolute atomic E-state index is 5.92. The van der Waals surface area contributed by atoms with Crippen LogP contribution in [0.25, 0.3) is 0 Å². The van der Waals surface area contributed by atoms with Crippen LogP contribution in [-0.4, -0.2) is 86.8 Å². The summed E-state index contributed by atoms with van der Waals surface area (Å²) in [6, 6.07) is 0.591. The molecule has 0 radical (unpaired) electrons. The van der Waals surface area contributed by atoms with Crippen molar-refractivity contribution in [2.24, 2.45) is 5.92 Å². The minimum atomic E-state index is 0.375. The van der Waals surface area contributed by atoms with Gasteiger partial charge in [-0.15, -0.1) is 0 Å². The number of ether oxygens (including phenoxy) is 1. The monoisotopic (exact) mass is 299 g/mol. The molecule has 0 unspecified atom stereocenters. The lowest BCUT2D eigenvalue weighted by molar-refractivity contribution is -0.0440. The molecular weight excluding hydrogens is 262 g/mol. The van der Waals surface area contributed by atoms with E-state index in [0.29, 0.717) is 12.1 Å². The molecule has 0 aromatic rings. The Morgan fingerprint density at radius 3 is 2.52 bits per heavy atom. The summed E-state index contributed by atoms with van der Waals surface area (Å²) in [5.41, 5.74) is 0. The van der Waals surface area contributed by atoms with Crippen LogP contribution >= 0.6 is 0 Å². The fraction of sp³-hybridized carbons (Fsp3) is 1.00. The van der Waals surface area contributed by atoms with Gasteiger partial charge in [-0.05, 0) is 53.4 Å². The largest absolute Gasteiger partial charge is 0.374 e. The molecule has 4 nitrogen and oxygen atoms in total. The molecule has 126 valence electrons. The van der Waals surface area contributed by atoms with Crippen molar-refractivity contribution in [2.45, 2.75) is 46.3 Å². The van der Waals surface area contributed by atoms with Gasteiger partial charge in [0.2, 0.25) is 0 Å². The average Bonchev–Trinajstić information content (AvgIpc) is 2.38. The van der Waals surface area contributed by atoms with Gasteiger partial charge in [-0.2, -0.15) is 0 Å². The van der Waals surface area contributed by atoms with E-state index in [1.165, 1.54) is 26.1 Å². The van der Waals surface area contributed by atoms with Crippen molar-refractivity contribution in [3.63, 3.8) is 0 Å². The van der Waals surface area contributed by atoms with Crippen molar-refractivity contribution in [1.82, 2.24) is 14.7 Å². The van der Waals surface area contributed by atoms with Crippen molar-refractivity contribution >= 4 is 0 Å². The molecule has 0 aromatic heterocycles.